The Bertz CT molecular complexity index is 1260. The Morgan fingerprint density at radius 3 is 2.35 bits per heavy atom. The fourth-order valence-corrected chi connectivity index (χ4v) is 5.83. The summed E-state index contributed by atoms with van der Waals surface area (Å²) >= 11 is 7.72. The van der Waals surface area contributed by atoms with Crippen molar-refractivity contribution in [3.05, 3.63) is 99.6 Å². The van der Waals surface area contributed by atoms with E-state index in [4.69, 9.17) is 11.6 Å². The Labute approximate surface area is 207 Å². The van der Waals surface area contributed by atoms with Crippen LogP contribution in [-0.4, -0.2) is 38.1 Å². The van der Waals surface area contributed by atoms with E-state index in [1.807, 2.05) is 24.3 Å². The topological polar surface area (TPSA) is 110 Å². The average Bonchev–Trinajstić information content (AvgIpc) is 2.84. The molecule has 1 amide bonds. The molecule has 0 bridgehead atoms. The van der Waals surface area contributed by atoms with Crippen molar-refractivity contribution in [1.29, 1.82) is 0 Å². The van der Waals surface area contributed by atoms with Crippen LogP contribution in [0.3, 0.4) is 0 Å². The van der Waals surface area contributed by atoms with E-state index in [1.54, 1.807) is 30.0 Å². The molecule has 0 heterocycles. The van der Waals surface area contributed by atoms with Crippen LogP contribution in [0.15, 0.2) is 83.8 Å². The smallest absolute Gasteiger partial charge is 0.289 e. The van der Waals surface area contributed by atoms with Crippen LogP contribution in [0.4, 0.5) is 11.4 Å². The fraction of sp³-hybridized carbons (Fsp3) is 0.174. The Hall–Kier alpha value is -3.08. The van der Waals surface area contributed by atoms with Crippen molar-refractivity contribution < 1.29 is 18.1 Å². The molecule has 1 N–H and O–H groups in total. The van der Waals surface area contributed by atoms with Crippen LogP contribution >= 0.6 is 23.4 Å². The number of nitro benzene ring substituents is 1. The highest BCUT2D eigenvalue weighted by molar-refractivity contribution is 7.98. The fourth-order valence-electron chi connectivity index (χ4n) is 3.10. The molecule has 0 spiro atoms. The van der Waals surface area contributed by atoms with Gasteiger partial charge < -0.3 is 5.32 Å². The van der Waals surface area contributed by atoms with Gasteiger partial charge in [-0.15, -0.1) is 0 Å². The minimum absolute atomic E-state index is 0.226. The SMILES string of the molecule is O=C(CN(c1ccccc1)S(=O)(=O)c1ccccc1[N+](=O)[O-])NCCSCc1ccccc1Cl. The minimum atomic E-state index is -4.39. The molecule has 0 aliphatic rings. The first-order chi connectivity index (χ1) is 16.3. The van der Waals surface area contributed by atoms with Gasteiger partial charge in [-0.05, 0) is 29.8 Å². The third kappa shape index (κ3) is 6.49. The van der Waals surface area contributed by atoms with E-state index in [1.165, 1.54) is 24.3 Å². The van der Waals surface area contributed by atoms with E-state index in [0.29, 0.717) is 23.1 Å². The molecule has 0 fully saturated rings. The zero-order valence-corrected chi connectivity index (χ0v) is 20.4. The van der Waals surface area contributed by atoms with E-state index >= 15 is 0 Å². The van der Waals surface area contributed by atoms with Crippen LogP contribution in [0.1, 0.15) is 5.56 Å². The number of anilines is 1. The molecule has 3 aromatic rings. The second kappa shape index (κ2) is 11.9. The van der Waals surface area contributed by atoms with Gasteiger partial charge in [0.15, 0.2) is 4.90 Å². The lowest BCUT2D eigenvalue weighted by Gasteiger charge is -2.24. The molecular formula is C23H22ClN3O5S2. The number of thioether (sulfide) groups is 1. The lowest BCUT2D eigenvalue weighted by Crippen LogP contribution is -2.41. The number of carbonyl (C=O) groups is 1. The van der Waals surface area contributed by atoms with Crippen LogP contribution in [-0.2, 0) is 20.6 Å². The van der Waals surface area contributed by atoms with Crippen LogP contribution in [0, 0.1) is 10.1 Å². The Morgan fingerprint density at radius 2 is 1.65 bits per heavy atom. The zero-order valence-electron chi connectivity index (χ0n) is 18.0. The van der Waals surface area contributed by atoms with E-state index in [2.05, 4.69) is 5.32 Å². The molecule has 0 aliphatic carbocycles. The molecule has 0 saturated heterocycles. The molecule has 0 atom stereocenters. The molecule has 0 unspecified atom stereocenters. The first kappa shape index (κ1) is 25.5. The summed E-state index contributed by atoms with van der Waals surface area (Å²) in [5.41, 5.74) is 0.662. The van der Waals surface area contributed by atoms with Gasteiger partial charge in [-0.1, -0.05) is 60.1 Å². The maximum absolute atomic E-state index is 13.4. The van der Waals surface area contributed by atoms with Crippen molar-refractivity contribution in [3.63, 3.8) is 0 Å². The number of nitrogens with one attached hydrogen (secondary N) is 1. The van der Waals surface area contributed by atoms with Gasteiger partial charge in [-0.2, -0.15) is 11.8 Å². The third-order valence-corrected chi connectivity index (χ3v) is 7.94. The molecule has 0 aliphatic heterocycles. The first-order valence-corrected chi connectivity index (χ1v) is 13.2. The van der Waals surface area contributed by atoms with Gasteiger partial charge in [0, 0.05) is 29.1 Å². The first-order valence-electron chi connectivity index (χ1n) is 10.2. The predicted octanol–water partition coefficient (Wildman–Crippen LogP) is 4.49. The minimum Gasteiger partial charge on any atom is -0.354 e. The lowest BCUT2D eigenvalue weighted by molar-refractivity contribution is -0.387. The number of nitrogens with zero attached hydrogens (tertiary/aromatic N) is 2. The van der Waals surface area contributed by atoms with Gasteiger partial charge in [0.05, 0.1) is 10.6 Å². The number of halogens is 1. The number of carbonyl (C=O) groups excluding carboxylic acids is 1. The summed E-state index contributed by atoms with van der Waals surface area (Å²) < 4.78 is 27.6. The van der Waals surface area contributed by atoms with E-state index < -0.39 is 38.0 Å². The van der Waals surface area contributed by atoms with Gasteiger partial charge in [-0.25, -0.2) is 8.42 Å². The molecular weight excluding hydrogens is 498 g/mol. The molecule has 3 aromatic carbocycles. The molecule has 0 radical (unpaired) electrons. The van der Waals surface area contributed by atoms with Crippen molar-refractivity contribution in [2.45, 2.75) is 10.6 Å². The van der Waals surface area contributed by atoms with Crippen molar-refractivity contribution in [1.82, 2.24) is 5.32 Å². The van der Waals surface area contributed by atoms with Crippen LogP contribution in [0.2, 0.25) is 5.02 Å². The number of para-hydroxylation sites is 2. The van der Waals surface area contributed by atoms with Crippen LogP contribution < -0.4 is 9.62 Å². The third-order valence-electron chi connectivity index (χ3n) is 4.75. The highest BCUT2D eigenvalue weighted by atomic mass is 35.5. The molecule has 0 saturated carbocycles. The van der Waals surface area contributed by atoms with Gasteiger partial charge >= 0.3 is 0 Å². The summed E-state index contributed by atoms with van der Waals surface area (Å²) in [5, 5.41) is 14.8. The van der Waals surface area contributed by atoms with E-state index in [0.717, 1.165) is 22.0 Å². The zero-order chi connectivity index (χ0) is 24.6. The average molecular weight is 520 g/mol. The second-order valence-electron chi connectivity index (χ2n) is 7.07. The summed E-state index contributed by atoms with van der Waals surface area (Å²) in [6.45, 7) is -0.199. The number of nitro groups is 1. The van der Waals surface area contributed by atoms with Gasteiger partial charge in [-0.3, -0.25) is 19.2 Å². The second-order valence-corrected chi connectivity index (χ2v) is 10.4. The van der Waals surface area contributed by atoms with E-state index in [-0.39, 0.29) is 5.69 Å². The number of sulfonamides is 1. The largest absolute Gasteiger partial charge is 0.354 e. The summed E-state index contributed by atoms with van der Waals surface area (Å²) in [6, 6.07) is 20.6. The van der Waals surface area contributed by atoms with Gasteiger partial charge in [0.25, 0.3) is 15.7 Å². The van der Waals surface area contributed by atoms with Crippen molar-refractivity contribution in [3.8, 4) is 0 Å². The highest BCUT2D eigenvalue weighted by Crippen LogP contribution is 2.29. The van der Waals surface area contributed by atoms with Crippen molar-refractivity contribution in [2.75, 3.05) is 23.1 Å². The highest BCUT2D eigenvalue weighted by Gasteiger charge is 2.32. The lowest BCUT2D eigenvalue weighted by atomic mass is 10.2. The van der Waals surface area contributed by atoms with E-state index in [9.17, 15) is 23.3 Å². The number of benzene rings is 3. The number of hydrogen-bond donors (Lipinski definition) is 1. The Kier molecular flexibility index (Phi) is 8.91. The van der Waals surface area contributed by atoms with Gasteiger partial charge in [0.1, 0.15) is 6.54 Å². The molecule has 11 heteroatoms. The van der Waals surface area contributed by atoms with Crippen LogP contribution in [0.25, 0.3) is 0 Å². The maximum Gasteiger partial charge on any atom is 0.289 e. The Morgan fingerprint density at radius 1 is 1.00 bits per heavy atom. The molecule has 0 aromatic heterocycles. The van der Waals surface area contributed by atoms with Crippen molar-refractivity contribution in [2.24, 2.45) is 0 Å². The standard InChI is InChI=1S/C23H22ClN3O5S2/c24-20-11-5-4-8-18(20)17-33-15-14-25-23(28)16-26(19-9-2-1-3-10-19)34(31,32)22-13-7-6-12-21(22)27(29)30/h1-13H,14-17H2,(H,25,28). The molecule has 34 heavy (non-hydrogen) atoms. The number of amides is 1. The summed E-state index contributed by atoms with van der Waals surface area (Å²) in [6.07, 6.45) is 0. The summed E-state index contributed by atoms with van der Waals surface area (Å²) in [7, 11) is -4.39. The maximum atomic E-state index is 13.4. The number of hydrogen-bond acceptors (Lipinski definition) is 6. The van der Waals surface area contributed by atoms with Crippen LogP contribution in [0.5, 0.6) is 0 Å². The molecule has 178 valence electrons. The normalized spacial score (nSPS) is 11.1. The quantitative estimate of drug-likeness (QED) is 0.227. The monoisotopic (exact) mass is 519 g/mol. The summed E-state index contributed by atoms with van der Waals surface area (Å²) in [4.78, 5) is 22.8. The predicted molar refractivity (Wildman–Crippen MR) is 135 cm³/mol. The molecule has 3 rings (SSSR count). The van der Waals surface area contributed by atoms with Crippen molar-refractivity contribution >= 4 is 50.7 Å². The van der Waals surface area contributed by atoms with Gasteiger partial charge in [0.2, 0.25) is 5.91 Å². The number of rotatable bonds is 11. The summed E-state index contributed by atoms with van der Waals surface area (Å²) in [5.74, 6) is 0.751. The molecule has 8 nitrogen and oxygen atoms in total. The Balaban J connectivity index is 1.69.